The van der Waals surface area contributed by atoms with Gasteiger partial charge in [-0.1, -0.05) is 0 Å². The maximum absolute atomic E-state index is 11.2. The highest BCUT2D eigenvalue weighted by atomic mass is 16.5. The van der Waals surface area contributed by atoms with Crippen molar-refractivity contribution in [2.45, 2.75) is 13.1 Å². The van der Waals surface area contributed by atoms with Gasteiger partial charge >= 0.3 is 0 Å². The zero-order valence-electron chi connectivity index (χ0n) is 9.82. The first-order chi connectivity index (χ1) is 7.77. The zero-order valence-corrected chi connectivity index (χ0v) is 9.82. The van der Waals surface area contributed by atoms with Crippen molar-refractivity contribution in [3.63, 3.8) is 0 Å². The minimum atomic E-state index is 0.00865. The molecule has 1 amide bonds. The van der Waals surface area contributed by atoms with Crippen LogP contribution in [0.1, 0.15) is 5.69 Å². The van der Waals surface area contributed by atoms with Gasteiger partial charge < -0.3 is 19.9 Å². The second-order valence-electron chi connectivity index (χ2n) is 3.47. The van der Waals surface area contributed by atoms with Gasteiger partial charge in [0.05, 0.1) is 6.61 Å². The molecule has 0 aromatic carbocycles. The fraction of sp³-hybridized carbons (Fsp3) is 0.545. The van der Waals surface area contributed by atoms with E-state index < -0.39 is 0 Å². The first-order valence-electron chi connectivity index (χ1n) is 5.32. The average molecular weight is 225 g/mol. The van der Waals surface area contributed by atoms with E-state index in [1.54, 1.807) is 14.2 Å². The molecular weight excluding hydrogens is 206 g/mol. The third-order valence-electron chi connectivity index (χ3n) is 2.31. The molecule has 0 radical (unpaired) electrons. The Morgan fingerprint density at radius 3 is 3.06 bits per heavy atom. The number of aromatic nitrogens is 1. The third kappa shape index (κ3) is 4.04. The molecule has 5 heteroatoms. The Balaban J connectivity index is 2.41. The van der Waals surface area contributed by atoms with Crippen LogP contribution in [-0.2, 0) is 22.6 Å². The maximum atomic E-state index is 11.2. The molecule has 0 spiro atoms. The lowest BCUT2D eigenvalue weighted by molar-refractivity contribution is -0.121. The van der Waals surface area contributed by atoms with E-state index in [2.05, 4.69) is 10.6 Å². The van der Waals surface area contributed by atoms with E-state index in [1.165, 1.54) is 0 Å². The molecular formula is C11H19N3O2. The number of carbonyl (C=O) groups is 1. The summed E-state index contributed by atoms with van der Waals surface area (Å²) in [6.07, 6.45) is 1.91. The Morgan fingerprint density at radius 2 is 2.38 bits per heavy atom. The molecule has 0 aliphatic rings. The number of nitrogens with zero attached hydrogens (tertiary/aromatic N) is 1. The van der Waals surface area contributed by atoms with Gasteiger partial charge in [0.1, 0.15) is 6.54 Å². The van der Waals surface area contributed by atoms with E-state index in [4.69, 9.17) is 4.74 Å². The Bertz CT molecular complexity index is 323. The number of amides is 1. The molecule has 0 unspecified atom stereocenters. The summed E-state index contributed by atoms with van der Waals surface area (Å²) in [6.45, 7) is 2.61. The predicted molar refractivity (Wildman–Crippen MR) is 62.1 cm³/mol. The van der Waals surface area contributed by atoms with E-state index in [0.29, 0.717) is 13.2 Å². The topological polar surface area (TPSA) is 55.3 Å². The van der Waals surface area contributed by atoms with Gasteiger partial charge in [-0.3, -0.25) is 4.79 Å². The summed E-state index contributed by atoms with van der Waals surface area (Å²) in [5, 5.41) is 5.85. The monoisotopic (exact) mass is 225 g/mol. The van der Waals surface area contributed by atoms with E-state index in [9.17, 15) is 4.79 Å². The van der Waals surface area contributed by atoms with Crippen molar-refractivity contribution in [2.75, 3.05) is 27.3 Å². The largest absolute Gasteiger partial charge is 0.383 e. The fourth-order valence-corrected chi connectivity index (χ4v) is 1.39. The number of likely N-dealkylation sites (N-methyl/N-ethyl adjacent to an activating group) is 1. The molecule has 0 saturated carbocycles. The quantitative estimate of drug-likeness (QED) is 0.641. The van der Waals surface area contributed by atoms with Gasteiger partial charge in [-0.25, -0.2) is 0 Å². The first kappa shape index (κ1) is 12.7. The van der Waals surface area contributed by atoms with Crippen molar-refractivity contribution in [3.05, 3.63) is 24.0 Å². The van der Waals surface area contributed by atoms with Crippen LogP contribution in [0.2, 0.25) is 0 Å². The number of nitrogens with one attached hydrogen (secondary N) is 2. The number of hydrogen-bond donors (Lipinski definition) is 2. The molecule has 1 heterocycles. The lowest BCUT2D eigenvalue weighted by Crippen LogP contribution is -2.26. The second kappa shape index (κ2) is 7.03. The van der Waals surface area contributed by atoms with Crippen LogP contribution < -0.4 is 10.6 Å². The standard InChI is InChI=1S/C11H19N3O2/c1-12-11(15)9-14-6-3-4-10(14)8-13-5-7-16-2/h3-4,6,13H,5,7-9H2,1-2H3,(H,12,15). The second-order valence-corrected chi connectivity index (χ2v) is 3.47. The minimum absolute atomic E-state index is 0.00865. The molecule has 0 saturated heterocycles. The van der Waals surface area contributed by atoms with Gasteiger partial charge in [0, 0.05) is 39.1 Å². The van der Waals surface area contributed by atoms with Crippen LogP contribution in [0, 0.1) is 0 Å². The van der Waals surface area contributed by atoms with Crippen LogP contribution >= 0.6 is 0 Å². The SMILES string of the molecule is CNC(=O)Cn1cccc1CNCCOC. The van der Waals surface area contributed by atoms with Crippen molar-refractivity contribution in [2.24, 2.45) is 0 Å². The summed E-state index contributed by atoms with van der Waals surface area (Å²) < 4.78 is 6.87. The van der Waals surface area contributed by atoms with E-state index in [1.807, 2.05) is 22.9 Å². The molecule has 0 fully saturated rings. The van der Waals surface area contributed by atoms with Crippen LogP contribution in [0.15, 0.2) is 18.3 Å². The Hall–Kier alpha value is -1.33. The number of carbonyl (C=O) groups excluding carboxylic acids is 1. The van der Waals surface area contributed by atoms with Gasteiger partial charge in [-0.15, -0.1) is 0 Å². The Labute approximate surface area is 95.8 Å². The highest BCUT2D eigenvalue weighted by molar-refractivity contribution is 5.75. The fourth-order valence-electron chi connectivity index (χ4n) is 1.39. The van der Waals surface area contributed by atoms with Crippen molar-refractivity contribution in [1.82, 2.24) is 15.2 Å². The highest BCUT2D eigenvalue weighted by Gasteiger charge is 2.04. The van der Waals surface area contributed by atoms with E-state index in [-0.39, 0.29) is 5.91 Å². The Morgan fingerprint density at radius 1 is 1.56 bits per heavy atom. The molecule has 1 aromatic heterocycles. The van der Waals surface area contributed by atoms with Crippen LogP contribution in [0.4, 0.5) is 0 Å². The number of rotatable bonds is 7. The third-order valence-corrected chi connectivity index (χ3v) is 2.31. The van der Waals surface area contributed by atoms with Crippen molar-refractivity contribution < 1.29 is 9.53 Å². The molecule has 0 atom stereocenters. The van der Waals surface area contributed by atoms with Gasteiger partial charge in [-0.05, 0) is 12.1 Å². The van der Waals surface area contributed by atoms with Crippen LogP contribution in [-0.4, -0.2) is 37.8 Å². The molecule has 5 nitrogen and oxygen atoms in total. The maximum Gasteiger partial charge on any atom is 0.239 e. The van der Waals surface area contributed by atoms with Crippen molar-refractivity contribution in [1.29, 1.82) is 0 Å². The normalized spacial score (nSPS) is 10.4. The highest BCUT2D eigenvalue weighted by Crippen LogP contribution is 2.01. The lowest BCUT2D eigenvalue weighted by Gasteiger charge is -2.09. The summed E-state index contributed by atoms with van der Waals surface area (Å²) in [6, 6.07) is 3.94. The summed E-state index contributed by atoms with van der Waals surface area (Å²) in [5.41, 5.74) is 1.10. The van der Waals surface area contributed by atoms with Gasteiger partial charge in [0.2, 0.25) is 5.91 Å². The molecule has 0 aliphatic heterocycles. The van der Waals surface area contributed by atoms with Gasteiger partial charge in [-0.2, -0.15) is 0 Å². The van der Waals surface area contributed by atoms with Crippen LogP contribution in [0.5, 0.6) is 0 Å². The molecule has 90 valence electrons. The van der Waals surface area contributed by atoms with Gasteiger partial charge in [0.15, 0.2) is 0 Å². The summed E-state index contributed by atoms with van der Waals surface area (Å²) in [5.74, 6) is 0.00865. The lowest BCUT2D eigenvalue weighted by atomic mass is 10.4. The summed E-state index contributed by atoms with van der Waals surface area (Å²) in [7, 11) is 3.32. The van der Waals surface area contributed by atoms with E-state index >= 15 is 0 Å². The number of methoxy groups -OCH3 is 1. The molecule has 2 N–H and O–H groups in total. The first-order valence-corrected chi connectivity index (χ1v) is 5.32. The number of hydrogen-bond acceptors (Lipinski definition) is 3. The van der Waals surface area contributed by atoms with Gasteiger partial charge in [0.25, 0.3) is 0 Å². The molecule has 0 bridgehead atoms. The van der Waals surface area contributed by atoms with Crippen LogP contribution in [0.3, 0.4) is 0 Å². The minimum Gasteiger partial charge on any atom is -0.383 e. The molecule has 1 aromatic rings. The molecule has 0 aliphatic carbocycles. The predicted octanol–water partition coefficient (Wildman–Crippen LogP) is -0.0299. The van der Waals surface area contributed by atoms with Crippen LogP contribution in [0.25, 0.3) is 0 Å². The molecule has 16 heavy (non-hydrogen) atoms. The summed E-state index contributed by atoms with van der Waals surface area (Å²) in [4.78, 5) is 11.2. The zero-order chi connectivity index (χ0) is 11.8. The summed E-state index contributed by atoms with van der Waals surface area (Å²) >= 11 is 0. The molecule has 1 rings (SSSR count). The van der Waals surface area contributed by atoms with Crippen molar-refractivity contribution >= 4 is 5.91 Å². The smallest absolute Gasteiger partial charge is 0.239 e. The van der Waals surface area contributed by atoms with E-state index in [0.717, 1.165) is 18.8 Å². The van der Waals surface area contributed by atoms with Crippen molar-refractivity contribution in [3.8, 4) is 0 Å². The Kier molecular flexibility index (Phi) is 5.60. The number of ether oxygens (including phenoxy) is 1. The average Bonchev–Trinajstić information content (AvgIpc) is 2.72.